The van der Waals surface area contributed by atoms with E-state index in [0.29, 0.717) is 52.9 Å². The van der Waals surface area contributed by atoms with Crippen LogP contribution in [0.25, 0.3) is 0 Å². The van der Waals surface area contributed by atoms with Gasteiger partial charge in [-0.2, -0.15) is 0 Å². The molecule has 8 heteroatoms. The average Bonchev–Trinajstić information content (AvgIpc) is 2.40. The second kappa shape index (κ2) is 16.4. The third-order valence-electron chi connectivity index (χ3n) is 1.86. The summed E-state index contributed by atoms with van der Waals surface area (Å²) in [4.78, 5) is 11.0. The number of rotatable bonds is 14. The van der Waals surface area contributed by atoms with E-state index in [-0.39, 0.29) is 12.4 Å². The molecule has 114 valence electrons. The molecular formula is C11H21IO6S. The van der Waals surface area contributed by atoms with E-state index in [9.17, 15) is 4.79 Å². The van der Waals surface area contributed by atoms with Crippen molar-refractivity contribution in [3.63, 3.8) is 0 Å². The Bertz CT molecular complexity index is 208. The number of ether oxygens (including phenoxy) is 4. The van der Waals surface area contributed by atoms with Crippen LogP contribution in [-0.4, -0.2) is 58.8 Å². The number of esters is 1. The van der Waals surface area contributed by atoms with Crippen LogP contribution in [0, 0.1) is 0 Å². The first-order chi connectivity index (χ1) is 9.31. The summed E-state index contributed by atoms with van der Waals surface area (Å²) in [5, 5.41) is 0. The van der Waals surface area contributed by atoms with Crippen molar-refractivity contribution in [1.82, 2.24) is 0 Å². The molecule has 0 aromatic heterocycles. The molecule has 19 heavy (non-hydrogen) atoms. The van der Waals surface area contributed by atoms with Gasteiger partial charge in [0.15, 0.2) is 0 Å². The van der Waals surface area contributed by atoms with E-state index in [2.05, 4.69) is 21.2 Å². The lowest BCUT2D eigenvalue weighted by molar-refractivity contribution is -0.144. The van der Waals surface area contributed by atoms with E-state index < -0.39 is 0 Å². The number of carbonyl (C=O) groups is 1. The zero-order chi connectivity index (χ0) is 14.2. The fourth-order valence-electron chi connectivity index (χ4n) is 1.05. The zero-order valence-corrected chi connectivity index (χ0v) is 14.1. The first-order valence-electron chi connectivity index (χ1n) is 6.10. The molecular weight excluding hydrogens is 387 g/mol. The SMILES string of the molecule is CCOC(=O)CCOCCOCCOCCOSI. The van der Waals surface area contributed by atoms with Crippen LogP contribution < -0.4 is 0 Å². The van der Waals surface area contributed by atoms with Gasteiger partial charge in [0.05, 0.1) is 68.5 Å². The van der Waals surface area contributed by atoms with Crippen molar-refractivity contribution in [3.05, 3.63) is 0 Å². The fourth-order valence-corrected chi connectivity index (χ4v) is 1.73. The first kappa shape index (κ1) is 19.4. The van der Waals surface area contributed by atoms with Crippen molar-refractivity contribution in [2.24, 2.45) is 0 Å². The smallest absolute Gasteiger partial charge is 0.308 e. The Hall–Kier alpha value is 0.390. The Labute approximate surface area is 130 Å². The second-order valence-corrected chi connectivity index (χ2v) is 4.72. The Balaban J connectivity index is 3.01. The summed E-state index contributed by atoms with van der Waals surface area (Å²) in [6.07, 6.45) is 0.284. The van der Waals surface area contributed by atoms with E-state index in [0.717, 1.165) is 0 Å². The molecule has 0 radical (unpaired) electrons. The van der Waals surface area contributed by atoms with Crippen molar-refractivity contribution in [3.8, 4) is 0 Å². The van der Waals surface area contributed by atoms with Gasteiger partial charge < -0.3 is 23.1 Å². The minimum atomic E-state index is -0.233. The fraction of sp³-hybridized carbons (Fsp3) is 0.909. The molecule has 0 atom stereocenters. The van der Waals surface area contributed by atoms with Crippen molar-refractivity contribution in [2.45, 2.75) is 13.3 Å². The van der Waals surface area contributed by atoms with Gasteiger partial charge in [-0.3, -0.25) is 4.79 Å². The van der Waals surface area contributed by atoms with Gasteiger partial charge in [0.2, 0.25) is 0 Å². The zero-order valence-electron chi connectivity index (χ0n) is 11.1. The highest BCUT2D eigenvalue weighted by molar-refractivity contribution is 14.2. The van der Waals surface area contributed by atoms with Gasteiger partial charge >= 0.3 is 5.97 Å². The quantitative estimate of drug-likeness (QED) is 0.189. The van der Waals surface area contributed by atoms with Crippen molar-refractivity contribution in [1.29, 1.82) is 0 Å². The minimum absolute atomic E-state index is 0.233. The van der Waals surface area contributed by atoms with Gasteiger partial charge in [0.1, 0.15) is 0 Å². The molecule has 0 unspecified atom stereocenters. The van der Waals surface area contributed by atoms with Crippen LogP contribution in [0.15, 0.2) is 0 Å². The Morgan fingerprint density at radius 2 is 1.47 bits per heavy atom. The van der Waals surface area contributed by atoms with Crippen LogP contribution in [0.5, 0.6) is 0 Å². The molecule has 0 amide bonds. The Kier molecular flexibility index (Phi) is 16.8. The van der Waals surface area contributed by atoms with Crippen LogP contribution in [0.4, 0.5) is 0 Å². The molecule has 0 fully saturated rings. The predicted molar refractivity (Wildman–Crippen MR) is 81.3 cm³/mol. The van der Waals surface area contributed by atoms with E-state index in [1.807, 2.05) is 0 Å². The summed E-state index contributed by atoms with van der Waals surface area (Å²) in [5.41, 5.74) is 0. The molecule has 0 aliphatic heterocycles. The van der Waals surface area contributed by atoms with Crippen LogP contribution in [0.3, 0.4) is 0 Å². The van der Waals surface area contributed by atoms with Crippen LogP contribution in [0.2, 0.25) is 0 Å². The lowest BCUT2D eigenvalue weighted by Gasteiger charge is -2.06. The first-order valence-corrected chi connectivity index (χ1v) is 9.38. The lowest BCUT2D eigenvalue weighted by atomic mass is 10.5. The maximum atomic E-state index is 11.0. The Morgan fingerprint density at radius 1 is 0.947 bits per heavy atom. The number of carbonyl (C=O) groups excluding carboxylic acids is 1. The molecule has 0 bridgehead atoms. The van der Waals surface area contributed by atoms with Crippen LogP contribution in [0.1, 0.15) is 13.3 Å². The number of halogens is 1. The summed E-state index contributed by atoms with van der Waals surface area (Å²) in [6, 6.07) is 0. The van der Waals surface area contributed by atoms with E-state index >= 15 is 0 Å². The van der Waals surface area contributed by atoms with E-state index in [1.54, 1.807) is 6.92 Å². The Morgan fingerprint density at radius 3 is 2.00 bits per heavy atom. The van der Waals surface area contributed by atoms with Crippen LogP contribution in [-0.2, 0) is 27.9 Å². The van der Waals surface area contributed by atoms with E-state index in [4.69, 9.17) is 23.1 Å². The lowest BCUT2D eigenvalue weighted by Crippen LogP contribution is -2.13. The number of hydrogen-bond donors (Lipinski definition) is 0. The molecule has 0 saturated carbocycles. The maximum Gasteiger partial charge on any atom is 0.308 e. The van der Waals surface area contributed by atoms with Gasteiger partial charge in [0, 0.05) is 21.2 Å². The molecule has 0 rings (SSSR count). The molecule has 0 saturated heterocycles. The molecule has 0 aliphatic rings. The van der Waals surface area contributed by atoms with Gasteiger partial charge in [-0.15, -0.1) is 0 Å². The molecule has 6 nitrogen and oxygen atoms in total. The normalized spacial score (nSPS) is 10.6. The molecule has 0 heterocycles. The highest BCUT2D eigenvalue weighted by Gasteiger charge is 2.00. The largest absolute Gasteiger partial charge is 0.466 e. The summed E-state index contributed by atoms with van der Waals surface area (Å²) in [6.45, 7) is 5.71. The van der Waals surface area contributed by atoms with Crippen LogP contribution >= 0.6 is 30.4 Å². The predicted octanol–water partition coefficient (Wildman–Crippen LogP) is 2.00. The summed E-state index contributed by atoms with van der Waals surface area (Å²) < 4.78 is 25.5. The van der Waals surface area contributed by atoms with Gasteiger partial charge in [-0.05, 0) is 6.92 Å². The molecule has 0 aromatic rings. The molecule has 0 N–H and O–H groups in total. The highest BCUT2D eigenvalue weighted by Crippen LogP contribution is 2.10. The average molecular weight is 408 g/mol. The monoisotopic (exact) mass is 408 g/mol. The topological polar surface area (TPSA) is 63.2 Å². The molecule has 0 aromatic carbocycles. The standard InChI is InChI=1S/C11H21IO6S/c1-2-17-11(13)3-4-14-5-6-15-7-8-16-9-10-18-19-12/h2-10H2,1H3. The minimum Gasteiger partial charge on any atom is -0.466 e. The maximum absolute atomic E-state index is 11.0. The van der Waals surface area contributed by atoms with Crippen molar-refractivity contribution < 1.29 is 27.9 Å². The second-order valence-electron chi connectivity index (χ2n) is 3.28. The van der Waals surface area contributed by atoms with Gasteiger partial charge in [-0.25, -0.2) is 0 Å². The summed E-state index contributed by atoms with van der Waals surface area (Å²) >= 11 is 2.06. The molecule has 0 spiro atoms. The van der Waals surface area contributed by atoms with E-state index in [1.165, 1.54) is 9.21 Å². The highest BCUT2D eigenvalue weighted by atomic mass is 127. The summed E-state index contributed by atoms with van der Waals surface area (Å²) in [5.74, 6) is -0.233. The van der Waals surface area contributed by atoms with Gasteiger partial charge in [-0.1, -0.05) is 0 Å². The van der Waals surface area contributed by atoms with Crippen molar-refractivity contribution in [2.75, 3.05) is 52.9 Å². The van der Waals surface area contributed by atoms with Crippen molar-refractivity contribution >= 4 is 36.4 Å². The summed E-state index contributed by atoms with van der Waals surface area (Å²) in [7, 11) is 1.30. The van der Waals surface area contributed by atoms with Gasteiger partial charge in [0.25, 0.3) is 0 Å². The third-order valence-corrected chi connectivity index (χ3v) is 2.87. The third kappa shape index (κ3) is 16.3. The number of hydrogen-bond acceptors (Lipinski definition) is 7. The molecule has 0 aliphatic carbocycles.